The third-order valence-electron chi connectivity index (χ3n) is 4.26. The molecular weight excluding hydrogens is 308 g/mol. The van der Waals surface area contributed by atoms with Crippen LogP contribution in [0.3, 0.4) is 0 Å². The molecule has 0 bridgehead atoms. The molecule has 6 heteroatoms. The predicted octanol–water partition coefficient (Wildman–Crippen LogP) is 1.25. The van der Waals surface area contributed by atoms with E-state index in [0.29, 0.717) is 12.5 Å². The van der Waals surface area contributed by atoms with Gasteiger partial charge in [-0.1, -0.05) is 30.3 Å². The number of thioether (sulfide) groups is 1. The van der Waals surface area contributed by atoms with E-state index in [2.05, 4.69) is 45.1 Å². The largest absolute Gasteiger partial charge is 0.374 e. The summed E-state index contributed by atoms with van der Waals surface area (Å²) in [7, 11) is 0. The minimum Gasteiger partial charge on any atom is -0.374 e. The van der Waals surface area contributed by atoms with Crippen LogP contribution < -0.4 is 5.73 Å². The van der Waals surface area contributed by atoms with E-state index in [1.165, 1.54) is 5.56 Å². The van der Waals surface area contributed by atoms with E-state index in [1.54, 1.807) is 0 Å². The normalized spacial score (nSPS) is 23.9. The van der Waals surface area contributed by atoms with Crippen molar-refractivity contribution in [3.05, 3.63) is 35.9 Å². The number of nitrogens with two attached hydrogens (primary N) is 1. The van der Waals surface area contributed by atoms with Crippen molar-refractivity contribution in [3.63, 3.8) is 0 Å². The summed E-state index contributed by atoms with van der Waals surface area (Å²) in [5, 5.41) is 0. The summed E-state index contributed by atoms with van der Waals surface area (Å²) in [6.07, 6.45) is 0.144. The van der Waals surface area contributed by atoms with E-state index in [-0.39, 0.29) is 6.10 Å². The molecule has 0 unspecified atom stereocenters. The summed E-state index contributed by atoms with van der Waals surface area (Å²) in [5.41, 5.74) is 7.47. The second-order valence-electron chi connectivity index (χ2n) is 6.01. The third kappa shape index (κ3) is 5.12. The molecule has 126 valence electrons. The van der Waals surface area contributed by atoms with Gasteiger partial charge in [-0.2, -0.15) is 11.8 Å². The number of hydrogen-bond donors (Lipinski definition) is 1. The zero-order chi connectivity index (χ0) is 15.9. The Morgan fingerprint density at radius 1 is 1.22 bits per heavy atom. The molecule has 1 aromatic rings. The van der Waals surface area contributed by atoms with Crippen molar-refractivity contribution in [1.29, 1.82) is 0 Å². The Morgan fingerprint density at radius 2 is 2.00 bits per heavy atom. The van der Waals surface area contributed by atoms with Crippen molar-refractivity contribution < 1.29 is 4.74 Å². The van der Waals surface area contributed by atoms with E-state index in [4.69, 9.17) is 10.5 Å². The van der Waals surface area contributed by atoms with Crippen LogP contribution in [0.15, 0.2) is 35.3 Å². The van der Waals surface area contributed by atoms with Gasteiger partial charge < -0.3 is 15.4 Å². The SMILES string of the molecule is NC(=NC[C@@H]1CN(Cc2ccccc2)CCO1)N1CCSCC1. The van der Waals surface area contributed by atoms with Crippen LogP contribution in [0.4, 0.5) is 0 Å². The molecule has 2 N–H and O–H groups in total. The van der Waals surface area contributed by atoms with Gasteiger partial charge >= 0.3 is 0 Å². The molecule has 0 radical (unpaired) electrons. The molecule has 23 heavy (non-hydrogen) atoms. The standard InChI is InChI=1S/C17H26N4OS/c18-17(21-7-10-23-11-8-21)19-12-16-14-20(6-9-22-16)13-15-4-2-1-3-5-15/h1-5,16H,6-14H2,(H2,18,19)/t16-/m1/s1. The van der Waals surface area contributed by atoms with Crippen LogP contribution in [0.1, 0.15) is 5.56 Å². The molecule has 2 heterocycles. The van der Waals surface area contributed by atoms with Gasteiger partial charge in [-0.3, -0.25) is 9.89 Å². The van der Waals surface area contributed by atoms with Crippen LogP contribution in [-0.4, -0.2) is 72.7 Å². The Morgan fingerprint density at radius 3 is 2.78 bits per heavy atom. The number of hydrogen-bond acceptors (Lipinski definition) is 4. The van der Waals surface area contributed by atoms with Gasteiger partial charge in [0.05, 0.1) is 19.3 Å². The first-order valence-electron chi connectivity index (χ1n) is 8.32. The highest BCUT2D eigenvalue weighted by Crippen LogP contribution is 2.12. The molecule has 0 amide bonds. The fourth-order valence-corrected chi connectivity index (χ4v) is 3.87. The topological polar surface area (TPSA) is 54.1 Å². The van der Waals surface area contributed by atoms with E-state index < -0.39 is 0 Å². The summed E-state index contributed by atoms with van der Waals surface area (Å²) >= 11 is 1.98. The Hall–Kier alpha value is -1.24. The van der Waals surface area contributed by atoms with E-state index in [9.17, 15) is 0 Å². The van der Waals surface area contributed by atoms with Gasteiger partial charge in [-0.15, -0.1) is 0 Å². The number of ether oxygens (including phenoxy) is 1. The maximum absolute atomic E-state index is 6.12. The van der Waals surface area contributed by atoms with Gasteiger partial charge in [-0.25, -0.2) is 0 Å². The number of aliphatic imine (C=N–C) groups is 1. The molecule has 2 aliphatic rings. The van der Waals surface area contributed by atoms with Crippen molar-refractivity contribution in [2.75, 3.05) is 50.8 Å². The highest BCUT2D eigenvalue weighted by molar-refractivity contribution is 7.99. The number of nitrogens with zero attached hydrogens (tertiary/aromatic N) is 3. The van der Waals surface area contributed by atoms with Crippen LogP contribution in [0.2, 0.25) is 0 Å². The molecule has 0 saturated carbocycles. The Labute approximate surface area is 142 Å². The maximum Gasteiger partial charge on any atom is 0.191 e. The highest BCUT2D eigenvalue weighted by Gasteiger charge is 2.21. The first-order chi connectivity index (χ1) is 11.3. The molecule has 1 atom stereocenters. The highest BCUT2D eigenvalue weighted by atomic mass is 32.2. The van der Waals surface area contributed by atoms with Crippen molar-refractivity contribution in [3.8, 4) is 0 Å². The molecular formula is C17H26N4OS. The molecule has 1 aromatic carbocycles. The van der Waals surface area contributed by atoms with Crippen LogP contribution in [-0.2, 0) is 11.3 Å². The maximum atomic E-state index is 6.12. The Balaban J connectivity index is 1.48. The Kier molecular flexibility index (Phi) is 6.19. The Bertz CT molecular complexity index is 505. The molecule has 2 saturated heterocycles. The van der Waals surface area contributed by atoms with Crippen LogP contribution in [0, 0.1) is 0 Å². The zero-order valence-electron chi connectivity index (χ0n) is 13.6. The number of morpholine rings is 1. The van der Waals surface area contributed by atoms with Gasteiger partial charge in [0.25, 0.3) is 0 Å². The van der Waals surface area contributed by atoms with Crippen molar-refractivity contribution in [1.82, 2.24) is 9.80 Å². The third-order valence-corrected chi connectivity index (χ3v) is 5.21. The van der Waals surface area contributed by atoms with Gasteiger partial charge in [0.1, 0.15) is 0 Å². The lowest BCUT2D eigenvalue weighted by atomic mass is 10.2. The summed E-state index contributed by atoms with van der Waals surface area (Å²) in [6.45, 7) is 6.31. The predicted molar refractivity (Wildman–Crippen MR) is 96.8 cm³/mol. The van der Waals surface area contributed by atoms with E-state index in [0.717, 1.165) is 50.8 Å². The molecule has 3 rings (SSSR count). The molecule has 0 aromatic heterocycles. The molecule has 0 aliphatic carbocycles. The quantitative estimate of drug-likeness (QED) is 0.663. The summed E-state index contributed by atoms with van der Waals surface area (Å²) in [5.74, 6) is 2.95. The minimum absolute atomic E-state index is 0.144. The van der Waals surface area contributed by atoms with Crippen molar-refractivity contribution in [2.45, 2.75) is 12.6 Å². The summed E-state index contributed by atoms with van der Waals surface area (Å²) in [6, 6.07) is 10.6. The summed E-state index contributed by atoms with van der Waals surface area (Å²) in [4.78, 5) is 9.19. The van der Waals surface area contributed by atoms with Crippen LogP contribution in [0.5, 0.6) is 0 Å². The first kappa shape index (κ1) is 16.6. The van der Waals surface area contributed by atoms with Gasteiger partial charge in [0.15, 0.2) is 5.96 Å². The average molecular weight is 334 g/mol. The first-order valence-corrected chi connectivity index (χ1v) is 9.47. The number of guanidine groups is 1. The average Bonchev–Trinajstić information content (AvgIpc) is 2.62. The summed E-state index contributed by atoms with van der Waals surface area (Å²) < 4.78 is 5.86. The number of rotatable bonds is 4. The zero-order valence-corrected chi connectivity index (χ0v) is 14.4. The van der Waals surface area contributed by atoms with E-state index in [1.807, 2.05) is 11.8 Å². The molecule has 2 aliphatic heterocycles. The van der Waals surface area contributed by atoms with Gasteiger partial charge in [0.2, 0.25) is 0 Å². The fourth-order valence-electron chi connectivity index (χ4n) is 2.96. The fraction of sp³-hybridized carbons (Fsp3) is 0.588. The second kappa shape index (κ2) is 8.57. The molecule has 5 nitrogen and oxygen atoms in total. The lowest BCUT2D eigenvalue weighted by Gasteiger charge is -2.33. The smallest absolute Gasteiger partial charge is 0.191 e. The lowest BCUT2D eigenvalue weighted by molar-refractivity contribution is -0.0259. The molecule has 0 spiro atoms. The number of benzene rings is 1. The van der Waals surface area contributed by atoms with Gasteiger partial charge in [-0.05, 0) is 5.56 Å². The minimum atomic E-state index is 0.144. The monoisotopic (exact) mass is 334 g/mol. The second-order valence-corrected chi connectivity index (χ2v) is 7.24. The van der Waals surface area contributed by atoms with Gasteiger partial charge in [0, 0.05) is 44.2 Å². The van der Waals surface area contributed by atoms with Crippen LogP contribution >= 0.6 is 11.8 Å². The van der Waals surface area contributed by atoms with E-state index >= 15 is 0 Å². The molecule has 2 fully saturated rings. The van der Waals surface area contributed by atoms with Crippen molar-refractivity contribution in [2.24, 2.45) is 10.7 Å². The lowest BCUT2D eigenvalue weighted by Crippen LogP contribution is -2.45. The van der Waals surface area contributed by atoms with Crippen molar-refractivity contribution >= 4 is 17.7 Å². The van der Waals surface area contributed by atoms with Crippen LogP contribution in [0.25, 0.3) is 0 Å².